The van der Waals surface area contributed by atoms with Crippen LogP contribution in [0.2, 0.25) is 0 Å². The predicted molar refractivity (Wildman–Crippen MR) is 92.8 cm³/mol. The Morgan fingerprint density at radius 1 is 1.31 bits per heavy atom. The lowest BCUT2D eigenvalue weighted by Gasteiger charge is -2.20. The van der Waals surface area contributed by atoms with Crippen molar-refractivity contribution in [3.05, 3.63) is 28.3 Å². The minimum Gasteiger partial charge on any atom is -0.496 e. The number of rotatable bonds is 7. The topological polar surface area (TPSA) is 108 Å². The lowest BCUT2D eigenvalue weighted by molar-refractivity contribution is -0.384. The van der Waals surface area contributed by atoms with Crippen LogP contribution in [0, 0.1) is 27.9 Å². The van der Waals surface area contributed by atoms with Gasteiger partial charge >= 0.3 is 5.97 Å². The first-order valence-corrected chi connectivity index (χ1v) is 8.74. The molecule has 0 saturated heterocycles. The molecule has 0 spiro atoms. The van der Waals surface area contributed by atoms with Crippen LogP contribution < -0.4 is 10.1 Å². The average molecular weight is 362 g/mol. The maximum Gasteiger partial charge on any atom is 0.306 e. The van der Waals surface area contributed by atoms with Gasteiger partial charge in [-0.25, -0.2) is 0 Å². The van der Waals surface area contributed by atoms with Crippen molar-refractivity contribution in [2.75, 3.05) is 19.0 Å². The molecule has 8 heteroatoms. The van der Waals surface area contributed by atoms with E-state index in [4.69, 9.17) is 9.47 Å². The maximum absolute atomic E-state index is 12.0. The van der Waals surface area contributed by atoms with Crippen molar-refractivity contribution in [1.82, 2.24) is 0 Å². The van der Waals surface area contributed by atoms with Crippen LogP contribution in [0.1, 0.15) is 32.1 Å². The molecule has 140 valence electrons. The number of nitrogens with zero attached hydrogens (tertiary/aromatic N) is 1. The summed E-state index contributed by atoms with van der Waals surface area (Å²) in [5, 5.41) is 13.5. The molecule has 3 rings (SSSR count). The molecule has 26 heavy (non-hydrogen) atoms. The van der Waals surface area contributed by atoms with E-state index in [1.54, 1.807) is 0 Å². The van der Waals surface area contributed by atoms with Crippen molar-refractivity contribution >= 4 is 23.3 Å². The minimum atomic E-state index is -0.612. The van der Waals surface area contributed by atoms with Crippen molar-refractivity contribution in [1.29, 1.82) is 0 Å². The van der Waals surface area contributed by atoms with E-state index >= 15 is 0 Å². The fourth-order valence-electron chi connectivity index (χ4n) is 4.13. The number of amides is 1. The van der Waals surface area contributed by atoms with Gasteiger partial charge in [0, 0.05) is 6.42 Å². The van der Waals surface area contributed by atoms with Crippen molar-refractivity contribution in [2.45, 2.75) is 32.1 Å². The van der Waals surface area contributed by atoms with Crippen LogP contribution in [0.15, 0.2) is 18.2 Å². The summed E-state index contributed by atoms with van der Waals surface area (Å²) in [4.78, 5) is 34.4. The van der Waals surface area contributed by atoms with E-state index in [1.807, 2.05) is 0 Å². The molecule has 0 aromatic heterocycles. The summed E-state index contributed by atoms with van der Waals surface area (Å²) in [6.45, 7) is -0.456. The molecule has 2 aliphatic rings. The molecule has 2 saturated carbocycles. The molecule has 0 radical (unpaired) electrons. The number of hydrogen-bond donors (Lipinski definition) is 1. The molecule has 1 aromatic rings. The number of benzene rings is 1. The quantitative estimate of drug-likeness (QED) is 0.454. The van der Waals surface area contributed by atoms with Crippen molar-refractivity contribution < 1.29 is 24.0 Å². The lowest BCUT2D eigenvalue weighted by atomic mass is 9.86. The molecule has 2 bridgehead atoms. The monoisotopic (exact) mass is 362 g/mol. The maximum atomic E-state index is 12.0. The number of fused-ring (bicyclic) bond motifs is 2. The fourth-order valence-corrected chi connectivity index (χ4v) is 4.13. The summed E-state index contributed by atoms with van der Waals surface area (Å²) < 4.78 is 9.99. The van der Waals surface area contributed by atoms with Gasteiger partial charge in [-0.05, 0) is 49.1 Å². The smallest absolute Gasteiger partial charge is 0.306 e. The molecule has 1 amide bonds. The Morgan fingerprint density at radius 3 is 2.73 bits per heavy atom. The third kappa shape index (κ3) is 4.12. The molecule has 1 N–H and O–H groups in total. The minimum absolute atomic E-state index is 0.0324. The highest BCUT2D eigenvalue weighted by molar-refractivity contribution is 5.95. The Hall–Kier alpha value is -2.64. The van der Waals surface area contributed by atoms with Gasteiger partial charge in [-0.3, -0.25) is 19.7 Å². The number of carbonyl (C=O) groups excluding carboxylic acids is 2. The van der Waals surface area contributed by atoms with Crippen LogP contribution in [0.5, 0.6) is 5.75 Å². The Bertz CT molecular complexity index is 720. The summed E-state index contributed by atoms with van der Waals surface area (Å²) in [5.74, 6) is 1.04. The summed E-state index contributed by atoms with van der Waals surface area (Å²) in [7, 11) is 1.40. The van der Waals surface area contributed by atoms with E-state index < -0.39 is 17.4 Å². The Labute approximate surface area is 151 Å². The normalized spacial score (nSPS) is 23.5. The van der Waals surface area contributed by atoms with Gasteiger partial charge < -0.3 is 14.8 Å². The molecule has 8 nitrogen and oxygen atoms in total. The number of nitro groups is 1. The second-order valence-electron chi connectivity index (χ2n) is 6.99. The van der Waals surface area contributed by atoms with E-state index in [-0.39, 0.29) is 17.3 Å². The summed E-state index contributed by atoms with van der Waals surface area (Å²) >= 11 is 0. The lowest BCUT2D eigenvalue weighted by Crippen LogP contribution is -2.23. The number of ether oxygens (including phenoxy) is 2. The molecule has 0 unspecified atom stereocenters. The molecule has 2 fully saturated rings. The van der Waals surface area contributed by atoms with Crippen molar-refractivity contribution in [2.24, 2.45) is 17.8 Å². The molecular weight excluding hydrogens is 340 g/mol. The Balaban J connectivity index is 1.49. The third-order valence-corrected chi connectivity index (χ3v) is 5.35. The van der Waals surface area contributed by atoms with Crippen LogP contribution >= 0.6 is 0 Å². The summed E-state index contributed by atoms with van der Waals surface area (Å²) in [6.07, 6.45) is 5.07. The summed E-state index contributed by atoms with van der Waals surface area (Å²) in [5.41, 5.74) is -0.254. The number of hydrogen-bond acceptors (Lipinski definition) is 6. The van der Waals surface area contributed by atoms with E-state index in [2.05, 4.69) is 5.32 Å². The molecule has 1 aromatic carbocycles. The highest BCUT2D eigenvalue weighted by Crippen LogP contribution is 2.49. The van der Waals surface area contributed by atoms with Crippen LogP contribution in [-0.2, 0) is 14.3 Å². The van der Waals surface area contributed by atoms with E-state index in [9.17, 15) is 19.7 Å². The molecule has 0 aliphatic heterocycles. The van der Waals surface area contributed by atoms with Crippen LogP contribution in [0.4, 0.5) is 11.4 Å². The van der Waals surface area contributed by atoms with E-state index in [0.29, 0.717) is 24.0 Å². The van der Waals surface area contributed by atoms with Crippen LogP contribution in [0.25, 0.3) is 0 Å². The van der Waals surface area contributed by atoms with Gasteiger partial charge in [0.25, 0.3) is 11.6 Å². The molecule has 2 aliphatic carbocycles. The number of anilines is 1. The first-order chi connectivity index (χ1) is 12.5. The van der Waals surface area contributed by atoms with Crippen LogP contribution in [0.3, 0.4) is 0 Å². The zero-order chi connectivity index (χ0) is 18.7. The average Bonchev–Trinajstić information content (AvgIpc) is 3.23. The molecule has 3 atom stereocenters. The highest BCUT2D eigenvalue weighted by atomic mass is 16.6. The zero-order valence-electron chi connectivity index (χ0n) is 14.6. The highest BCUT2D eigenvalue weighted by Gasteiger charge is 2.40. The Kier molecular flexibility index (Phi) is 5.39. The Morgan fingerprint density at radius 2 is 2.12 bits per heavy atom. The first-order valence-electron chi connectivity index (χ1n) is 8.74. The first kappa shape index (κ1) is 18.2. The van der Waals surface area contributed by atoms with Gasteiger partial charge in [0.2, 0.25) is 0 Å². The van der Waals surface area contributed by atoms with Crippen molar-refractivity contribution in [3.8, 4) is 5.75 Å². The third-order valence-electron chi connectivity index (χ3n) is 5.35. The number of nitrogens with one attached hydrogen (secondary N) is 1. The van der Waals surface area contributed by atoms with Gasteiger partial charge in [-0.15, -0.1) is 0 Å². The van der Waals surface area contributed by atoms with Crippen LogP contribution in [-0.4, -0.2) is 30.5 Å². The largest absolute Gasteiger partial charge is 0.496 e. The second-order valence-corrected chi connectivity index (χ2v) is 6.99. The van der Waals surface area contributed by atoms with Gasteiger partial charge in [0.15, 0.2) is 6.61 Å². The zero-order valence-corrected chi connectivity index (χ0v) is 14.6. The second kappa shape index (κ2) is 7.72. The number of carbonyl (C=O) groups is 2. The van der Waals surface area contributed by atoms with Gasteiger partial charge in [-0.1, -0.05) is 6.42 Å². The number of nitro benzene ring substituents is 1. The predicted octanol–water partition coefficient (Wildman–Crippen LogP) is 2.91. The summed E-state index contributed by atoms with van der Waals surface area (Å²) in [6, 6.07) is 4.10. The molecular formula is C18H22N2O6. The van der Waals surface area contributed by atoms with Gasteiger partial charge in [-0.2, -0.15) is 0 Å². The standard InChI is InChI=1S/C18H22N2O6/c1-25-14-4-5-15(16(9-14)20(23)24)19-17(21)10-26-18(22)8-13-7-11-2-3-12(13)6-11/h4-5,9,11-13H,2-3,6-8,10H2,1H3,(H,19,21)/t11-,12+,13+/m0/s1. The fraction of sp³-hybridized carbons (Fsp3) is 0.556. The number of esters is 1. The van der Waals surface area contributed by atoms with Gasteiger partial charge in [0.1, 0.15) is 11.4 Å². The van der Waals surface area contributed by atoms with Gasteiger partial charge in [0.05, 0.1) is 18.1 Å². The van der Waals surface area contributed by atoms with E-state index in [1.165, 1.54) is 44.6 Å². The SMILES string of the molecule is COc1ccc(NC(=O)COC(=O)C[C@H]2C[C@H]3CC[C@@H]2C3)c([N+](=O)[O-])c1. The van der Waals surface area contributed by atoms with E-state index in [0.717, 1.165) is 12.3 Å². The molecule has 0 heterocycles. The van der Waals surface area contributed by atoms with Crippen molar-refractivity contribution in [3.63, 3.8) is 0 Å². The number of methoxy groups -OCH3 is 1.